The van der Waals surface area contributed by atoms with Gasteiger partial charge in [0.1, 0.15) is 5.82 Å². The molecule has 0 spiro atoms. The van der Waals surface area contributed by atoms with Crippen LogP contribution in [0.5, 0.6) is 0 Å². The number of aliphatic carboxylic acids is 1. The van der Waals surface area contributed by atoms with E-state index in [4.69, 9.17) is 0 Å². The molecule has 6 nitrogen and oxygen atoms in total. The average molecular weight is 385 g/mol. The molecule has 0 saturated carbocycles. The van der Waals surface area contributed by atoms with E-state index in [2.05, 4.69) is 10.3 Å². The van der Waals surface area contributed by atoms with Gasteiger partial charge in [-0.2, -0.15) is 0 Å². The SMILES string of the molecule is Cc1ccc(NC(=O)[C@@H]2C[C@@H](C(=O)O)CN(Cc3cccc(F)c3C)C2)cn1. The lowest BCUT2D eigenvalue weighted by Gasteiger charge is -2.35. The summed E-state index contributed by atoms with van der Waals surface area (Å²) in [6.45, 7) is 4.73. The van der Waals surface area contributed by atoms with Gasteiger partial charge in [0.05, 0.1) is 23.7 Å². The van der Waals surface area contributed by atoms with Crippen LogP contribution in [0, 0.1) is 31.5 Å². The second kappa shape index (κ2) is 8.48. The summed E-state index contributed by atoms with van der Waals surface area (Å²) in [6.07, 6.45) is 1.86. The van der Waals surface area contributed by atoms with Gasteiger partial charge in [-0.3, -0.25) is 19.5 Å². The zero-order chi connectivity index (χ0) is 20.3. The number of anilines is 1. The summed E-state index contributed by atoms with van der Waals surface area (Å²) in [7, 11) is 0. The van der Waals surface area contributed by atoms with Crippen molar-refractivity contribution in [1.29, 1.82) is 0 Å². The zero-order valence-corrected chi connectivity index (χ0v) is 16.0. The van der Waals surface area contributed by atoms with Crippen LogP contribution < -0.4 is 5.32 Å². The summed E-state index contributed by atoms with van der Waals surface area (Å²) in [4.78, 5) is 30.4. The quantitative estimate of drug-likeness (QED) is 0.827. The van der Waals surface area contributed by atoms with E-state index in [9.17, 15) is 19.1 Å². The van der Waals surface area contributed by atoms with Gasteiger partial charge in [-0.1, -0.05) is 12.1 Å². The van der Waals surface area contributed by atoms with Crippen molar-refractivity contribution in [2.24, 2.45) is 11.8 Å². The van der Waals surface area contributed by atoms with Crippen LogP contribution in [0.2, 0.25) is 0 Å². The van der Waals surface area contributed by atoms with Crippen molar-refractivity contribution >= 4 is 17.6 Å². The summed E-state index contributed by atoms with van der Waals surface area (Å²) in [6, 6.07) is 8.45. The molecule has 2 aromatic rings. The fraction of sp³-hybridized carbons (Fsp3) is 0.381. The van der Waals surface area contributed by atoms with Gasteiger partial charge in [0.15, 0.2) is 0 Å². The smallest absolute Gasteiger partial charge is 0.307 e. The van der Waals surface area contributed by atoms with Crippen molar-refractivity contribution in [1.82, 2.24) is 9.88 Å². The number of carbonyl (C=O) groups is 2. The number of carboxylic acids is 1. The number of rotatable bonds is 5. The Morgan fingerprint density at radius 1 is 1.21 bits per heavy atom. The van der Waals surface area contributed by atoms with Crippen molar-refractivity contribution in [3.05, 3.63) is 59.2 Å². The Bertz CT molecular complexity index is 870. The summed E-state index contributed by atoms with van der Waals surface area (Å²) < 4.78 is 13.8. The maximum absolute atomic E-state index is 13.8. The van der Waals surface area contributed by atoms with Crippen molar-refractivity contribution in [2.75, 3.05) is 18.4 Å². The van der Waals surface area contributed by atoms with Crippen LogP contribution in [-0.4, -0.2) is 40.0 Å². The Balaban J connectivity index is 1.73. The molecule has 2 atom stereocenters. The number of carbonyl (C=O) groups excluding carboxylic acids is 1. The number of nitrogens with zero attached hydrogens (tertiary/aromatic N) is 2. The van der Waals surface area contributed by atoms with Crippen LogP contribution >= 0.6 is 0 Å². The molecule has 1 amide bonds. The highest BCUT2D eigenvalue weighted by molar-refractivity contribution is 5.93. The molecule has 7 heteroatoms. The average Bonchev–Trinajstić information content (AvgIpc) is 2.67. The molecule has 0 unspecified atom stereocenters. The number of hydrogen-bond donors (Lipinski definition) is 2. The van der Waals surface area contributed by atoms with E-state index in [1.54, 1.807) is 31.3 Å². The van der Waals surface area contributed by atoms with E-state index >= 15 is 0 Å². The highest BCUT2D eigenvalue weighted by Gasteiger charge is 2.35. The predicted octanol–water partition coefficient (Wildman–Crippen LogP) is 3.00. The fourth-order valence-electron chi connectivity index (χ4n) is 3.54. The first-order valence-electron chi connectivity index (χ1n) is 9.26. The van der Waals surface area contributed by atoms with Gasteiger partial charge in [0, 0.05) is 25.3 Å². The van der Waals surface area contributed by atoms with Gasteiger partial charge in [0.25, 0.3) is 0 Å². The predicted molar refractivity (Wildman–Crippen MR) is 103 cm³/mol. The number of benzene rings is 1. The third-order valence-electron chi connectivity index (χ3n) is 5.20. The van der Waals surface area contributed by atoms with Gasteiger partial charge >= 0.3 is 5.97 Å². The van der Waals surface area contributed by atoms with Gasteiger partial charge in [-0.15, -0.1) is 0 Å². The molecular weight excluding hydrogens is 361 g/mol. The topological polar surface area (TPSA) is 82.5 Å². The number of aryl methyl sites for hydroxylation is 1. The van der Waals surface area contributed by atoms with Crippen LogP contribution in [0.15, 0.2) is 36.5 Å². The molecule has 1 saturated heterocycles. The molecule has 1 fully saturated rings. The van der Waals surface area contributed by atoms with E-state index in [0.29, 0.717) is 30.9 Å². The van der Waals surface area contributed by atoms with Crippen LogP contribution in [0.3, 0.4) is 0 Å². The normalized spacial score (nSPS) is 20.0. The first-order chi connectivity index (χ1) is 13.3. The molecule has 0 bridgehead atoms. The summed E-state index contributed by atoms with van der Waals surface area (Å²) in [5, 5.41) is 12.3. The Hall–Kier alpha value is -2.80. The lowest BCUT2D eigenvalue weighted by atomic mass is 9.88. The lowest BCUT2D eigenvalue weighted by molar-refractivity contribution is -0.145. The van der Waals surface area contributed by atoms with Crippen LogP contribution in [0.1, 0.15) is 23.2 Å². The first kappa shape index (κ1) is 19.9. The van der Waals surface area contributed by atoms with Crippen LogP contribution in [-0.2, 0) is 16.1 Å². The van der Waals surface area contributed by atoms with Crippen molar-refractivity contribution in [2.45, 2.75) is 26.8 Å². The number of nitrogens with one attached hydrogen (secondary N) is 1. The van der Waals surface area contributed by atoms with Gasteiger partial charge in [-0.05, 0) is 49.6 Å². The molecule has 148 valence electrons. The van der Waals surface area contributed by atoms with Crippen molar-refractivity contribution in [3.8, 4) is 0 Å². The molecule has 1 aromatic carbocycles. The molecule has 2 heterocycles. The molecule has 3 rings (SSSR count). The maximum atomic E-state index is 13.8. The highest BCUT2D eigenvalue weighted by Crippen LogP contribution is 2.26. The number of hydrogen-bond acceptors (Lipinski definition) is 4. The first-order valence-corrected chi connectivity index (χ1v) is 9.26. The Kier molecular flexibility index (Phi) is 6.04. The molecule has 2 N–H and O–H groups in total. The minimum absolute atomic E-state index is 0.224. The minimum Gasteiger partial charge on any atom is -0.481 e. The summed E-state index contributed by atoms with van der Waals surface area (Å²) >= 11 is 0. The zero-order valence-electron chi connectivity index (χ0n) is 16.0. The number of carboxylic acid groups (broad SMARTS) is 1. The number of amides is 1. The van der Waals surface area contributed by atoms with E-state index in [0.717, 1.165) is 11.3 Å². The van der Waals surface area contributed by atoms with Gasteiger partial charge < -0.3 is 10.4 Å². The second-order valence-corrected chi connectivity index (χ2v) is 7.36. The largest absolute Gasteiger partial charge is 0.481 e. The molecule has 1 aliphatic heterocycles. The Labute approximate surface area is 163 Å². The third kappa shape index (κ3) is 4.72. The summed E-state index contributed by atoms with van der Waals surface area (Å²) in [5.74, 6) is -2.54. The molecule has 28 heavy (non-hydrogen) atoms. The van der Waals surface area contributed by atoms with E-state index in [1.165, 1.54) is 6.07 Å². The second-order valence-electron chi connectivity index (χ2n) is 7.36. The monoisotopic (exact) mass is 385 g/mol. The third-order valence-corrected chi connectivity index (χ3v) is 5.20. The van der Waals surface area contributed by atoms with E-state index in [1.807, 2.05) is 17.9 Å². The van der Waals surface area contributed by atoms with Gasteiger partial charge in [0.2, 0.25) is 5.91 Å². The minimum atomic E-state index is -0.921. The molecule has 1 aliphatic rings. The number of halogens is 1. The van der Waals surface area contributed by atoms with Crippen molar-refractivity contribution < 1.29 is 19.1 Å². The number of pyridine rings is 1. The van der Waals surface area contributed by atoms with Gasteiger partial charge in [-0.25, -0.2) is 4.39 Å². The summed E-state index contributed by atoms with van der Waals surface area (Å²) in [5.41, 5.74) is 2.78. The maximum Gasteiger partial charge on any atom is 0.307 e. The van der Waals surface area contributed by atoms with E-state index in [-0.39, 0.29) is 18.1 Å². The van der Waals surface area contributed by atoms with Crippen LogP contribution in [0.25, 0.3) is 0 Å². The number of piperidine rings is 1. The van der Waals surface area contributed by atoms with Crippen LogP contribution in [0.4, 0.5) is 10.1 Å². The lowest BCUT2D eigenvalue weighted by Crippen LogP contribution is -2.46. The molecule has 1 aromatic heterocycles. The fourth-order valence-corrected chi connectivity index (χ4v) is 3.54. The molecular formula is C21H24FN3O3. The molecule has 0 aliphatic carbocycles. The van der Waals surface area contributed by atoms with Crippen molar-refractivity contribution in [3.63, 3.8) is 0 Å². The standard InChI is InChI=1S/C21H24FN3O3/c1-13-6-7-18(9-23-13)24-20(26)16-8-17(21(27)28)12-25(11-16)10-15-4-3-5-19(22)14(15)2/h3-7,9,16-17H,8,10-12H2,1-2H3,(H,24,26)(H,27,28)/t16-,17-/m1/s1. The molecule has 0 radical (unpaired) electrons. The number of aromatic nitrogens is 1. The Morgan fingerprint density at radius 3 is 2.64 bits per heavy atom. The Morgan fingerprint density at radius 2 is 1.96 bits per heavy atom. The van der Waals surface area contributed by atoms with E-state index < -0.39 is 17.8 Å². The number of likely N-dealkylation sites (tertiary alicyclic amines) is 1. The highest BCUT2D eigenvalue weighted by atomic mass is 19.1.